The van der Waals surface area contributed by atoms with Gasteiger partial charge in [0, 0.05) is 73.1 Å². The Hall–Kier alpha value is -3.11. The van der Waals surface area contributed by atoms with Gasteiger partial charge < -0.3 is 9.80 Å². The molecule has 1 amide bonds. The van der Waals surface area contributed by atoms with E-state index < -0.39 is 17.6 Å². The van der Waals surface area contributed by atoms with Crippen molar-refractivity contribution in [3.63, 3.8) is 0 Å². The van der Waals surface area contributed by atoms with Gasteiger partial charge in [-0.15, -0.1) is 5.10 Å². The van der Waals surface area contributed by atoms with E-state index in [1.807, 2.05) is 24.8 Å². The van der Waals surface area contributed by atoms with Gasteiger partial charge in [-0.05, 0) is 68.3 Å². The Morgan fingerprint density at radius 3 is 2.42 bits per heavy atom. The maximum absolute atomic E-state index is 14.9. The summed E-state index contributed by atoms with van der Waals surface area (Å²) < 4.78 is 30.3. The van der Waals surface area contributed by atoms with Gasteiger partial charge in [-0.1, -0.05) is 23.7 Å². The molecule has 3 atom stereocenters. The lowest BCUT2D eigenvalue weighted by Crippen LogP contribution is -2.51. The topological polar surface area (TPSA) is 70.4 Å². The van der Waals surface area contributed by atoms with E-state index in [9.17, 15) is 13.6 Å². The first-order valence-corrected chi connectivity index (χ1v) is 14.1. The van der Waals surface area contributed by atoms with Crippen molar-refractivity contribution in [2.75, 3.05) is 44.2 Å². The molecule has 0 N–H and O–H groups in total. The monoisotopic (exact) mass is 571 g/mol. The number of anilines is 1. The number of rotatable bonds is 5. The van der Waals surface area contributed by atoms with Crippen LogP contribution in [0.25, 0.3) is 0 Å². The highest BCUT2D eigenvalue weighted by atomic mass is 35.5. The molecule has 3 aromatic rings. The number of likely N-dealkylation sites (tertiary alicyclic amines) is 1. The van der Waals surface area contributed by atoms with Gasteiger partial charge >= 0.3 is 0 Å². The molecule has 0 saturated carbocycles. The van der Waals surface area contributed by atoms with Crippen LogP contribution in [0, 0.1) is 24.5 Å². The number of hydrogen-bond acceptors (Lipinski definition) is 6. The summed E-state index contributed by atoms with van der Waals surface area (Å²) in [6.45, 7) is 13.7. The van der Waals surface area contributed by atoms with Crippen LogP contribution in [0.2, 0.25) is 5.02 Å². The third-order valence-electron chi connectivity index (χ3n) is 8.40. The Balaban J connectivity index is 1.35. The number of carbonyl (C=O) groups is 1. The zero-order chi connectivity index (χ0) is 28.8. The highest BCUT2D eigenvalue weighted by molar-refractivity contribution is 6.31. The molecule has 2 fully saturated rings. The lowest BCUT2D eigenvalue weighted by Gasteiger charge is -2.39. The zero-order valence-corrected chi connectivity index (χ0v) is 24.4. The summed E-state index contributed by atoms with van der Waals surface area (Å²) >= 11 is 6.55. The van der Waals surface area contributed by atoms with E-state index >= 15 is 0 Å². The van der Waals surface area contributed by atoms with Gasteiger partial charge in [-0.2, -0.15) is 0 Å². The maximum Gasteiger partial charge on any atom is 0.227 e. The van der Waals surface area contributed by atoms with Crippen LogP contribution >= 0.6 is 11.6 Å². The van der Waals surface area contributed by atoms with Gasteiger partial charge in [-0.25, -0.2) is 13.5 Å². The van der Waals surface area contributed by atoms with Crippen LogP contribution in [0.1, 0.15) is 56.3 Å². The van der Waals surface area contributed by atoms with E-state index in [0.717, 1.165) is 22.9 Å². The normalized spacial score (nSPS) is 21.2. The fraction of sp³-hybridized carbons (Fsp3) is 0.517. The number of benzene rings is 2. The lowest BCUT2D eigenvalue weighted by atomic mass is 9.87. The highest BCUT2D eigenvalue weighted by Gasteiger charge is 2.44. The Bertz CT molecular complexity index is 1370. The molecule has 11 heteroatoms. The first-order chi connectivity index (χ1) is 18.9. The van der Waals surface area contributed by atoms with E-state index in [1.54, 1.807) is 11.0 Å². The van der Waals surface area contributed by atoms with E-state index in [2.05, 4.69) is 52.2 Å². The quantitative estimate of drug-likeness (QED) is 0.443. The van der Waals surface area contributed by atoms with Crippen LogP contribution in [0.5, 0.6) is 0 Å². The molecular formula is C29H36ClF2N7O. The van der Waals surface area contributed by atoms with Crippen LogP contribution in [-0.4, -0.2) is 80.7 Å². The summed E-state index contributed by atoms with van der Waals surface area (Å²) in [6, 6.07) is 7.64. The third kappa shape index (κ3) is 5.56. The third-order valence-corrected chi connectivity index (χ3v) is 8.81. The van der Waals surface area contributed by atoms with Crippen LogP contribution in [0.4, 0.5) is 14.5 Å². The highest BCUT2D eigenvalue weighted by Crippen LogP contribution is 2.39. The van der Waals surface area contributed by atoms with E-state index in [0.29, 0.717) is 49.9 Å². The van der Waals surface area contributed by atoms with Crippen LogP contribution in [0.3, 0.4) is 0 Å². The van der Waals surface area contributed by atoms with Gasteiger partial charge in [0.25, 0.3) is 0 Å². The number of aromatic nitrogens is 4. The SMILES string of the molecule is Cc1cc(C(C)n2cnnn2)c(N2CCN(C(=O)C3CN(C(C)(C)C)C[C@H]3c3ccc(F)cc3F)CC2)cc1Cl. The number of hydrogen-bond donors (Lipinski definition) is 0. The number of tetrazole rings is 1. The number of nitrogens with zero attached hydrogens (tertiary/aromatic N) is 7. The molecule has 3 heterocycles. The summed E-state index contributed by atoms with van der Waals surface area (Å²) in [7, 11) is 0. The van der Waals surface area contributed by atoms with Crippen molar-refractivity contribution in [2.24, 2.45) is 5.92 Å². The number of piperazine rings is 1. The van der Waals surface area contributed by atoms with Gasteiger partial charge in [-0.3, -0.25) is 9.69 Å². The first kappa shape index (κ1) is 28.4. The van der Waals surface area contributed by atoms with Gasteiger partial charge in [0.05, 0.1) is 12.0 Å². The predicted octanol–water partition coefficient (Wildman–Crippen LogP) is 4.69. The summed E-state index contributed by atoms with van der Waals surface area (Å²) in [5, 5.41) is 12.3. The minimum absolute atomic E-state index is 0.0179. The second kappa shape index (κ2) is 11.0. The second-order valence-electron chi connectivity index (χ2n) is 11.9. The molecule has 40 heavy (non-hydrogen) atoms. The largest absolute Gasteiger partial charge is 0.368 e. The van der Waals surface area contributed by atoms with Gasteiger partial charge in [0.15, 0.2) is 0 Å². The molecule has 0 spiro atoms. The molecule has 2 unspecified atom stereocenters. The van der Waals surface area contributed by atoms with Crippen molar-refractivity contribution in [3.05, 3.63) is 70.0 Å². The number of carbonyl (C=O) groups excluding carboxylic acids is 1. The standard InChI is InChI=1S/C29H36ClF2N7O/c1-18-12-22(19(2)39-17-33-34-35-39)27(14-25(18)30)36-8-10-37(11-9-36)28(40)24-16-38(29(3,4)5)15-23(24)21-7-6-20(31)13-26(21)32/h6-7,12-14,17,19,23-24H,8-11,15-16H2,1-5H3/t19?,23-,24?/m0/s1. The molecule has 0 bridgehead atoms. The summed E-state index contributed by atoms with van der Waals surface area (Å²) in [5.41, 5.74) is 3.24. The predicted molar refractivity (Wildman–Crippen MR) is 151 cm³/mol. The maximum atomic E-state index is 14.9. The molecule has 2 aromatic carbocycles. The number of amides is 1. The van der Waals surface area contributed by atoms with E-state index in [1.165, 1.54) is 12.1 Å². The van der Waals surface area contributed by atoms with Crippen LogP contribution < -0.4 is 4.90 Å². The lowest BCUT2D eigenvalue weighted by molar-refractivity contribution is -0.136. The van der Waals surface area contributed by atoms with Crippen molar-refractivity contribution < 1.29 is 13.6 Å². The zero-order valence-electron chi connectivity index (χ0n) is 23.6. The van der Waals surface area contributed by atoms with Gasteiger partial charge in [0.2, 0.25) is 5.91 Å². The fourth-order valence-electron chi connectivity index (χ4n) is 5.91. The molecule has 0 radical (unpaired) electrons. The Morgan fingerprint density at radius 1 is 1.07 bits per heavy atom. The van der Waals surface area contributed by atoms with Crippen molar-refractivity contribution in [1.82, 2.24) is 30.0 Å². The average molecular weight is 572 g/mol. The first-order valence-electron chi connectivity index (χ1n) is 13.7. The second-order valence-corrected chi connectivity index (χ2v) is 12.3. The molecular weight excluding hydrogens is 536 g/mol. The van der Waals surface area contributed by atoms with E-state index in [-0.39, 0.29) is 23.4 Å². The molecule has 2 aliphatic rings. The minimum Gasteiger partial charge on any atom is -0.368 e. The van der Waals surface area contributed by atoms with E-state index in [4.69, 9.17) is 11.6 Å². The molecule has 0 aliphatic carbocycles. The molecule has 1 aromatic heterocycles. The Morgan fingerprint density at radius 2 is 1.80 bits per heavy atom. The van der Waals surface area contributed by atoms with Crippen molar-refractivity contribution >= 4 is 23.2 Å². The smallest absolute Gasteiger partial charge is 0.227 e. The van der Waals surface area contributed by atoms with Crippen LogP contribution in [-0.2, 0) is 4.79 Å². The average Bonchev–Trinajstić information content (AvgIpc) is 3.60. The van der Waals surface area contributed by atoms with Gasteiger partial charge in [0.1, 0.15) is 18.0 Å². The minimum atomic E-state index is -0.615. The van der Waals surface area contributed by atoms with Crippen molar-refractivity contribution in [2.45, 2.75) is 52.1 Å². The van der Waals surface area contributed by atoms with Crippen molar-refractivity contribution in [3.8, 4) is 0 Å². The van der Waals surface area contributed by atoms with Crippen LogP contribution in [0.15, 0.2) is 36.7 Å². The summed E-state index contributed by atoms with van der Waals surface area (Å²) in [6.07, 6.45) is 1.60. The molecule has 214 valence electrons. The Kier molecular flexibility index (Phi) is 7.85. The van der Waals surface area contributed by atoms with Crippen molar-refractivity contribution in [1.29, 1.82) is 0 Å². The molecule has 2 saturated heterocycles. The number of halogens is 3. The molecule has 8 nitrogen and oxygen atoms in total. The fourth-order valence-corrected chi connectivity index (χ4v) is 6.07. The summed E-state index contributed by atoms with van der Waals surface area (Å²) in [5.74, 6) is -1.94. The molecule has 2 aliphatic heterocycles. The summed E-state index contributed by atoms with van der Waals surface area (Å²) in [4.78, 5) is 20.3. The number of aryl methyl sites for hydroxylation is 1. The molecule has 5 rings (SSSR count). The Labute approximate surface area is 238 Å².